The zero-order valence-corrected chi connectivity index (χ0v) is 14.5. The predicted octanol–water partition coefficient (Wildman–Crippen LogP) is 2.43. The van der Waals surface area contributed by atoms with Crippen molar-refractivity contribution >= 4 is 17.5 Å². The monoisotopic (exact) mass is 394 g/mol. The molecule has 1 unspecified atom stereocenters. The molecule has 2 aromatic carbocycles. The van der Waals surface area contributed by atoms with Crippen LogP contribution in [0.15, 0.2) is 42.5 Å². The van der Waals surface area contributed by atoms with E-state index in [0.29, 0.717) is 12.2 Å². The first kappa shape index (κ1) is 19.7. The summed E-state index contributed by atoms with van der Waals surface area (Å²) in [5, 5.41) is 14.5. The van der Waals surface area contributed by atoms with E-state index < -0.39 is 29.7 Å². The highest BCUT2D eigenvalue weighted by atomic mass is 19.4. The standard InChI is InChI=1S/C19H17F3N2O4/c20-19(21,22)13-2-1-3-14(9-13)24-18(27)17(26)23-10-15(25)11-4-5-16-12(8-11)6-7-28-16/h1-5,8-9,15,25H,6-7,10H2,(H,23,26)(H,24,27). The van der Waals surface area contributed by atoms with Gasteiger partial charge in [-0.15, -0.1) is 0 Å². The zero-order valence-electron chi connectivity index (χ0n) is 14.5. The predicted molar refractivity (Wildman–Crippen MR) is 93.7 cm³/mol. The highest BCUT2D eigenvalue weighted by Gasteiger charge is 2.30. The van der Waals surface area contributed by atoms with Crippen LogP contribution in [0.5, 0.6) is 5.75 Å². The fourth-order valence-corrected chi connectivity index (χ4v) is 2.76. The van der Waals surface area contributed by atoms with Crippen molar-refractivity contribution in [2.24, 2.45) is 0 Å². The van der Waals surface area contributed by atoms with Gasteiger partial charge in [0.25, 0.3) is 0 Å². The molecule has 2 aromatic rings. The maximum absolute atomic E-state index is 12.7. The molecular formula is C19H17F3N2O4. The molecule has 1 aliphatic heterocycles. The van der Waals surface area contributed by atoms with Gasteiger partial charge in [0.1, 0.15) is 5.75 Å². The summed E-state index contributed by atoms with van der Waals surface area (Å²) < 4.78 is 43.4. The molecule has 148 valence electrons. The smallest absolute Gasteiger partial charge is 0.416 e. The van der Waals surface area contributed by atoms with Gasteiger partial charge in [-0.25, -0.2) is 0 Å². The Labute approximate surface area is 158 Å². The third-order valence-corrected chi connectivity index (χ3v) is 4.21. The Morgan fingerprint density at radius 3 is 2.68 bits per heavy atom. The van der Waals surface area contributed by atoms with Crippen LogP contribution in [0.4, 0.5) is 18.9 Å². The maximum atomic E-state index is 12.7. The minimum absolute atomic E-state index is 0.158. The van der Waals surface area contributed by atoms with E-state index in [1.807, 2.05) is 0 Å². The number of benzene rings is 2. The van der Waals surface area contributed by atoms with E-state index in [1.54, 1.807) is 18.2 Å². The Morgan fingerprint density at radius 1 is 1.14 bits per heavy atom. The number of aliphatic hydroxyl groups is 1. The van der Waals surface area contributed by atoms with E-state index in [9.17, 15) is 27.9 Å². The molecule has 0 saturated heterocycles. The minimum atomic E-state index is -4.56. The molecule has 6 nitrogen and oxygen atoms in total. The Hall–Kier alpha value is -3.07. The van der Waals surface area contributed by atoms with E-state index in [1.165, 1.54) is 6.07 Å². The highest BCUT2D eigenvalue weighted by Crippen LogP contribution is 2.30. The second-order valence-electron chi connectivity index (χ2n) is 6.22. The summed E-state index contributed by atoms with van der Waals surface area (Å²) in [7, 11) is 0. The number of aliphatic hydroxyl groups excluding tert-OH is 1. The number of carbonyl (C=O) groups excluding carboxylic acids is 2. The Bertz CT molecular complexity index is 899. The molecule has 2 amide bonds. The summed E-state index contributed by atoms with van der Waals surface area (Å²) in [6.07, 6.45) is -4.88. The lowest BCUT2D eigenvalue weighted by Crippen LogP contribution is -2.37. The van der Waals surface area contributed by atoms with Crippen molar-refractivity contribution in [2.45, 2.75) is 18.7 Å². The number of hydrogen-bond donors (Lipinski definition) is 3. The molecule has 28 heavy (non-hydrogen) atoms. The highest BCUT2D eigenvalue weighted by molar-refractivity contribution is 6.39. The van der Waals surface area contributed by atoms with Gasteiger partial charge in [0, 0.05) is 18.7 Å². The average Bonchev–Trinajstić information content (AvgIpc) is 3.13. The first-order valence-corrected chi connectivity index (χ1v) is 8.44. The van der Waals surface area contributed by atoms with Crippen LogP contribution < -0.4 is 15.4 Å². The Kier molecular flexibility index (Phi) is 5.55. The zero-order chi connectivity index (χ0) is 20.3. The number of nitrogens with one attached hydrogen (secondary N) is 2. The molecule has 0 saturated carbocycles. The van der Waals surface area contributed by atoms with Gasteiger partial charge >= 0.3 is 18.0 Å². The van der Waals surface area contributed by atoms with Crippen LogP contribution in [0, 0.1) is 0 Å². The van der Waals surface area contributed by atoms with E-state index in [-0.39, 0.29) is 12.2 Å². The number of hydrogen-bond acceptors (Lipinski definition) is 4. The number of carbonyl (C=O) groups is 2. The molecule has 0 aromatic heterocycles. The average molecular weight is 394 g/mol. The van der Waals surface area contributed by atoms with Crippen LogP contribution in [0.2, 0.25) is 0 Å². The maximum Gasteiger partial charge on any atom is 0.416 e. The summed E-state index contributed by atoms with van der Waals surface area (Å²) in [6, 6.07) is 9.09. The molecule has 0 spiro atoms. The van der Waals surface area contributed by atoms with E-state index in [2.05, 4.69) is 10.6 Å². The van der Waals surface area contributed by atoms with Crippen molar-refractivity contribution in [2.75, 3.05) is 18.5 Å². The van der Waals surface area contributed by atoms with Crippen LogP contribution in [-0.2, 0) is 22.2 Å². The van der Waals surface area contributed by atoms with Crippen LogP contribution in [0.3, 0.4) is 0 Å². The van der Waals surface area contributed by atoms with Gasteiger partial charge in [-0.3, -0.25) is 9.59 Å². The van der Waals surface area contributed by atoms with Crippen molar-refractivity contribution in [3.8, 4) is 5.75 Å². The third-order valence-electron chi connectivity index (χ3n) is 4.21. The Morgan fingerprint density at radius 2 is 1.93 bits per heavy atom. The molecule has 0 bridgehead atoms. The van der Waals surface area contributed by atoms with Gasteiger partial charge in [-0.2, -0.15) is 13.2 Å². The SMILES string of the molecule is O=C(NCC(O)c1ccc2c(c1)CCO2)C(=O)Nc1cccc(C(F)(F)F)c1. The number of rotatable bonds is 4. The van der Waals surface area contributed by atoms with Crippen molar-refractivity contribution in [3.05, 3.63) is 59.2 Å². The number of fused-ring (bicyclic) bond motifs is 1. The molecule has 9 heteroatoms. The number of ether oxygens (including phenoxy) is 1. The van der Waals surface area contributed by atoms with E-state index in [4.69, 9.17) is 4.74 Å². The van der Waals surface area contributed by atoms with Crippen LogP contribution >= 0.6 is 0 Å². The van der Waals surface area contributed by atoms with Gasteiger partial charge < -0.3 is 20.5 Å². The van der Waals surface area contributed by atoms with Crippen LogP contribution in [-0.4, -0.2) is 30.1 Å². The van der Waals surface area contributed by atoms with Gasteiger partial charge in [-0.1, -0.05) is 12.1 Å². The third kappa shape index (κ3) is 4.61. The lowest BCUT2D eigenvalue weighted by molar-refractivity contribution is -0.137. The number of alkyl halides is 3. The molecule has 1 atom stereocenters. The summed E-state index contributed by atoms with van der Waals surface area (Å²) in [5.74, 6) is -1.45. The van der Waals surface area contributed by atoms with Gasteiger partial charge in [0.05, 0.1) is 18.3 Å². The first-order valence-electron chi connectivity index (χ1n) is 8.44. The molecule has 0 radical (unpaired) electrons. The molecule has 1 aliphatic rings. The van der Waals surface area contributed by atoms with Gasteiger partial charge in [0.2, 0.25) is 0 Å². The molecule has 3 N–H and O–H groups in total. The fourth-order valence-electron chi connectivity index (χ4n) is 2.76. The van der Waals surface area contributed by atoms with Gasteiger partial charge in [0.15, 0.2) is 0 Å². The van der Waals surface area contributed by atoms with Crippen LogP contribution in [0.25, 0.3) is 0 Å². The second-order valence-corrected chi connectivity index (χ2v) is 6.22. The lowest BCUT2D eigenvalue weighted by atomic mass is 10.0. The molecule has 0 aliphatic carbocycles. The molecular weight excluding hydrogens is 377 g/mol. The van der Waals surface area contributed by atoms with Crippen molar-refractivity contribution < 1.29 is 32.6 Å². The fraction of sp³-hybridized carbons (Fsp3) is 0.263. The molecule has 0 fully saturated rings. The lowest BCUT2D eigenvalue weighted by Gasteiger charge is -2.13. The summed E-state index contributed by atoms with van der Waals surface area (Å²) in [4.78, 5) is 23.7. The summed E-state index contributed by atoms with van der Waals surface area (Å²) in [5.41, 5.74) is 0.406. The normalized spacial score (nSPS) is 14.0. The van der Waals surface area contributed by atoms with E-state index in [0.717, 1.165) is 35.9 Å². The van der Waals surface area contributed by atoms with Crippen molar-refractivity contribution in [3.63, 3.8) is 0 Å². The van der Waals surface area contributed by atoms with Gasteiger partial charge in [-0.05, 0) is 41.5 Å². The minimum Gasteiger partial charge on any atom is -0.493 e. The first-order chi connectivity index (χ1) is 13.2. The Balaban J connectivity index is 1.55. The number of halogens is 3. The quantitative estimate of drug-likeness (QED) is 0.695. The molecule has 1 heterocycles. The summed E-state index contributed by atoms with van der Waals surface area (Å²) in [6.45, 7) is 0.343. The summed E-state index contributed by atoms with van der Waals surface area (Å²) >= 11 is 0. The van der Waals surface area contributed by atoms with Crippen molar-refractivity contribution in [1.82, 2.24) is 5.32 Å². The topological polar surface area (TPSA) is 87.7 Å². The molecule has 3 rings (SSSR count). The number of anilines is 1. The van der Waals surface area contributed by atoms with Crippen LogP contribution in [0.1, 0.15) is 22.8 Å². The number of amides is 2. The van der Waals surface area contributed by atoms with Crippen molar-refractivity contribution in [1.29, 1.82) is 0 Å². The largest absolute Gasteiger partial charge is 0.493 e. The second kappa shape index (κ2) is 7.89. The van der Waals surface area contributed by atoms with E-state index >= 15 is 0 Å².